The molecule has 5 nitrogen and oxygen atoms in total. The number of methoxy groups -OCH3 is 1. The minimum Gasteiger partial charge on any atom is -0.493 e. The maximum absolute atomic E-state index is 12.9. The quantitative estimate of drug-likeness (QED) is 0.814. The molecule has 0 saturated carbocycles. The number of nitrogens with zero attached hydrogens (tertiary/aromatic N) is 1. The molecular weight excluding hydrogens is 396 g/mol. The summed E-state index contributed by atoms with van der Waals surface area (Å²) in [6.07, 6.45) is 3.41. The highest BCUT2D eigenvalue weighted by molar-refractivity contribution is 9.10. The topological polar surface area (TPSA) is 50.8 Å². The molecule has 7 heteroatoms. The fourth-order valence-corrected chi connectivity index (χ4v) is 3.99. The van der Waals surface area contributed by atoms with Crippen molar-refractivity contribution < 1.29 is 14.3 Å². The summed E-state index contributed by atoms with van der Waals surface area (Å²) < 4.78 is 11.7. The number of amides is 1. The summed E-state index contributed by atoms with van der Waals surface area (Å²) in [5.74, 6) is 1.28. The Hall–Kier alpha value is -0.980. The van der Waals surface area contributed by atoms with E-state index in [0.717, 1.165) is 30.4 Å². The van der Waals surface area contributed by atoms with Crippen molar-refractivity contribution in [2.24, 2.45) is 0 Å². The normalized spacial score (nSPS) is 22.5. The number of carbonyl (C=O) groups is 1. The predicted molar refractivity (Wildman–Crippen MR) is 99.6 cm³/mol. The first-order valence-electron chi connectivity index (χ1n) is 8.18. The number of carbonyl (C=O) groups excluding carboxylic acids is 1. The second kappa shape index (κ2) is 8.41. The van der Waals surface area contributed by atoms with Crippen LogP contribution in [0.3, 0.4) is 0 Å². The summed E-state index contributed by atoms with van der Waals surface area (Å²) in [5, 5.41) is 3.60. The van der Waals surface area contributed by atoms with E-state index in [1.54, 1.807) is 13.2 Å². The van der Waals surface area contributed by atoms with E-state index in [1.165, 1.54) is 6.42 Å². The molecule has 2 bridgehead atoms. The number of hydrogen-bond donors (Lipinski definition) is 1. The SMILES string of the molecule is CCOc1c(Br)cc(C(=O)N2CCC3CCC(C2)N3)cc1OC.Cl. The molecule has 24 heavy (non-hydrogen) atoms. The lowest BCUT2D eigenvalue weighted by Crippen LogP contribution is -2.39. The third kappa shape index (κ3) is 3.98. The summed E-state index contributed by atoms with van der Waals surface area (Å²) in [4.78, 5) is 14.9. The van der Waals surface area contributed by atoms with Crippen LogP contribution in [-0.4, -0.2) is 49.7 Å². The highest BCUT2D eigenvalue weighted by atomic mass is 79.9. The first-order chi connectivity index (χ1) is 11.1. The molecule has 2 heterocycles. The van der Waals surface area contributed by atoms with Crippen molar-refractivity contribution in [2.45, 2.75) is 38.3 Å². The van der Waals surface area contributed by atoms with E-state index in [-0.39, 0.29) is 18.3 Å². The summed E-state index contributed by atoms with van der Waals surface area (Å²) in [5.41, 5.74) is 0.634. The van der Waals surface area contributed by atoms with E-state index in [2.05, 4.69) is 21.2 Å². The zero-order valence-electron chi connectivity index (χ0n) is 14.0. The second-order valence-corrected chi connectivity index (χ2v) is 6.95. The van der Waals surface area contributed by atoms with Crippen molar-refractivity contribution in [3.8, 4) is 11.5 Å². The van der Waals surface area contributed by atoms with Crippen LogP contribution in [-0.2, 0) is 0 Å². The fraction of sp³-hybridized carbons (Fsp3) is 0.588. The predicted octanol–water partition coefficient (Wildman–Crippen LogP) is 3.24. The molecule has 1 N–H and O–H groups in total. The van der Waals surface area contributed by atoms with E-state index >= 15 is 0 Å². The van der Waals surface area contributed by atoms with E-state index in [4.69, 9.17) is 9.47 Å². The fourth-order valence-electron chi connectivity index (χ4n) is 3.44. The molecular formula is C17H24BrClN2O3. The van der Waals surface area contributed by atoms with Gasteiger partial charge in [-0.1, -0.05) is 0 Å². The molecule has 0 radical (unpaired) electrons. The molecule has 0 aliphatic carbocycles. The van der Waals surface area contributed by atoms with Gasteiger partial charge >= 0.3 is 0 Å². The average Bonchev–Trinajstić information content (AvgIpc) is 2.87. The molecule has 1 aromatic carbocycles. The minimum absolute atomic E-state index is 0. The third-order valence-corrected chi connectivity index (χ3v) is 5.16. The standard InChI is InChI=1S/C17H23BrN2O3.ClH/c1-3-23-16-14(18)8-11(9-15(16)22-2)17(21)20-7-6-12-4-5-13(10-20)19-12;/h8-9,12-13,19H,3-7,10H2,1-2H3;1H. The Morgan fingerprint density at radius 1 is 1.33 bits per heavy atom. The van der Waals surface area contributed by atoms with Gasteiger partial charge < -0.3 is 19.7 Å². The molecule has 2 aliphatic rings. The maximum atomic E-state index is 12.9. The van der Waals surface area contributed by atoms with Crippen LogP contribution >= 0.6 is 28.3 Å². The Labute approximate surface area is 157 Å². The van der Waals surface area contributed by atoms with Gasteiger partial charge in [-0.2, -0.15) is 0 Å². The molecule has 2 aliphatic heterocycles. The van der Waals surface area contributed by atoms with Gasteiger partial charge in [-0.15, -0.1) is 12.4 Å². The van der Waals surface area contributed by atoms with Crippen LogP contribution < -0.4 is 14.8 Å². The van der Waals surface area contributed by atoms with E-state index in [0.29, 0.717) is 35.8 Å². The monoisotopic (exact) mass is 418 g/mol. The number of fused-ring (bicyclic) bond motifs is 2. The highest BCUT2D eigenvalue weighted by Gasteiger charge is 2.31. The highest BCUT2D eigenvalue weighted by Crippen LogP contribution is 2.37. The van der Waals surface area contributed by atoms with Crippen LogP contribution in [0.15, 0.2) is 16.6 Å². The van der Waals surface area contributed by atoms with Gasteiger partial charge in [0.2, 0.25) is 0 Å². The summed E-state index contributed by atoms with van der Waals surface area (Å²) >= 11 is 3.49. The Balaban J connectivity index is 0.00000208. The molecule has 2 atom stereocenters. The summed E-state index contributed by atoms with van der Waals surface area (Å²) in [7, 11) is 1.59. The molecule has 2 saturated heterocycles. The largest absolute Gasteiger partial charge is 0.493 e. The number of benzene rings is 1. The molecule has 2 fully saturated rings. The van der Waals surface area contributed by atoms with Crippen molar-refractivity contribution in [3.63, 3.8) is 0 Å². The molecule has 1 aromatic rings. The van der Waals surface area contributed by atoms with Gasteiger partial charge in [0.05, 0.1) is 18.2 Å². The first kappa shape index (κ1) is 19.3. The Kier molecular flexibility index (Phi) is 6.78. The number of ether oxygens (including phenoxy) is 2. The van der Waals surface area contributed by atoms with Gasteiger partial charge in [0.1, 0.15) is 0 Å². The lowest BCUT2D eigenvalue weighted by atomic mass is 10.1. The third-order valence-electron chi connectivity index (χ3n) is 4.58. The van der Waals surface area contributed by atoms with Gasteiger partial charge in [0.15, 0.2) is 11.5 Å². The van der Waals surface area contributed by atoms with E-state index in [9.17, 15) is 4.79 Å². The molecule has 134 valence electrons. The minimum atomic E-state index is 0. The van der Waals surface area contributed by atoms with Crippen LogP contribution in [0.5, 0.6) is 11.5 Å². The van der Waals surface area contributed by atoms with Crippen molar-refractivity contribution in [2.75, 3.05) is 26.8 Å². The molecule has 0 spiro atoms. The molecule has 1 amide bonds. The van der Waals surface area contributed by atoms with Crippen molar-refractivity contribution in [3.05, 3.63) is 22.2 Å². The Morgan fingerprint density at radius 3 is 2.79 bits per heavy atom. The number of halogens is 2. The van der Waals surface area contributed by atoms with Gasteiger partial charge in [0, 0.05) is 30.7 Å². The number of likely N-dealkylation sites (tertiary alicyclic amines) is 1. The van der Waals surface area contributed by atoms with Gasteiger partial charge in [0.25, 0.3) is 5.91 Å². The van der Waals surface area contributed by atoms with Crippen molar-refractivity contribution >= 4 is 34.2 Å². The zero-order chi connectivity index (χ0) is 16.4. The molecule has 0 aromatic heterocycles. The number of nitrogens with one attached hydrogen (secondary N) is 1. The molecule has 2 unspecified atom stereocenters. The first-order valence-corrected chi connectivity index (χ1v) is 8.97. The Bertz CT molecular complexity index is 599. The van der Waals surface area contributed by atoms with Gasteiger partial charge in [-0.3, -0.25) is 4.79 Å². The molecule has 3 rings (SSSR count). The van der Waals surface area contributed by atoms with Crippen LogP contribution in [0, 0.1) is 0 Å². The number of hydrogen-bond acceptors (Lipinski definition) is 4. The van der Waals surface area contributed by atoms with Crippen LogP contribution in [0.1, 0.15) is 36.5 Å². The van der Waals surface area contributed by atoms with Crippen molar-refractivity contribution in [1.29, 1.82) is 0 Å². The second-order valence-electron chi connectivity index (χ2n) is 6.10. The van der Waals surface area contributed by atoms with Crippen LogP contribution in [0.2, 0.25) is 0 Å². The zero-order valence-corrected chi connectivity index (χ0v) is 16.4. The Morgan fingerprint density at radius 2 is 2.08 bits per heavy atom. The van der Waals surface area contributed by atoms with Crippen molar-refractivity contribution in [1.82, 2.24) is 10.2 Å². The summed E-state index contributed by atoms with van der Waals surface area (Å²) in [6, 6.07) is 4.60. The van der Waals surface area contributed by atoms with E-state index < -0.39 is 0 Å². The van der Waals surface area contributed by atoms with Crippen LogP contribution in [0.4, 0.5) is 0 Å². The average molecular weight is 420 g/mol. The van der Waals surface area contributed by atoms with Gasteiger partial charge in [-0.05, 0) is 54.2 Å². The maximum Gasteiger partial charge on any atom is 0.254 e. The lowest BCUT2D eigenvalue weighted by Gasteiger charge is -2.25. The van der Waals surface area contributed by atoms with Gasteiger partial charge in [-0.25, -0.2) is 0 Å². The smallest absolute Gasteiger partial charge is 0.254 e. The van der Waals surface area contributed by atoms with E-state index in [1.807, 2.05) is 17.9 Å². The van der Waals surface area contributed by atoms with Crippen LogP contribution in [0.25, 0.3) is 0 Å². The lowest BCUT2D eigenvalue weighted by molar-refractivity contribution is 0.0747. The summed E-state index contributed by atoms with van der Waals surface area (Å²) in [6.45, 7) is 4.05. The number of rotatable bonds is 4.